The van der Waals surface area contributed by atoms with Crippen LogP contribution < -0.4 is 5.73 Å². The highest BCUT2D eigenvalue weighted by Crippen LogP contribution is 1.88. The van der Waals surface area contributed by atoms with Crippen molar-refractivity contribution in [3.8, 4) is 0 Å². The Kier molecular flexibility index (Phi) is 15.2. The minimum absolute atomic E-state index is 0.295. The van der Waals surface area contributed by atoms with Gasteiger partial charge in [-0.1, -0.05) is 27.2 Å². The molecule has 0 fully saturated rings. The molecule has 1 amide bonds. The van der Waals surface area contributed by atoms with E-state index in [0.717, 1.165) is 19.4 Å². The molecule has 0 aromatic rings. The lowest BCUT2D eigenvalue weighted by atomic mass is 10.4. The fourth-order valence-corrected chi connectivity index (χ4v) is 0.521. The Morgan fingerprint density at radius 1 is 1.33 bits per heavy atom. The van der Waals surface area contributed by atoms with E-state index in [1.807, 2.05) is 13.8 Å². The molecule has 2 N–H and O–H groups in total. The summed E-state index contributed by atoms with van der Waals surface area (Å²) in [7, 11) is 0. The maximum Gasteiger partial charge on any atom is 0.219 e. The van der Waals surface area contributed by atoms with Crippen LogP contribution in [0.25, 0.3) is 0 Å². The number of hydrogen-bond acceptors (Lipinski definition) is 2. The van der Waals surface area contributed by atoms with E-state index in [1.165, 1.54) is 0 Å². The lowest BCUT2D eigenvalue weighted by molar-refractivity contribution is -0.119. The van der Waals surface area contributed by atoms with Gasteiger partial charge in [0.25, 0.3) is 0 Å². The average molecular weight is 175 g/mol. The number of hydrogen-bond donors (Lipinski definition) is 1. The molecule has 0 aliphatic heterocycles. The van der Waals surface area contributed by atoms with E-state index >= 15 is 0 Å². The van der Waals surface area contributed by atoms with Crippen LogP contribution >= 0.6 is 0 Å². The fraction of sp³-hybridized carbons (Fsp3) is 0.889. The van der Waals surface area contributed by atoms with Gasteiger partial charge in [-0.2, -0.15) is 0 Å². The minimum atomic E-state index is -0.295. The maximum absolute atomic E-state index is 10.2. The molecule has 0 saturated carbocycles. The molecule has 3 heteroatoms. The van der Waals surface area contributed by atoms with Gasteiger partial charge in [0.05, 0.1) is 6.61 Å². The zero-order valence-electron chi connectivity index (χ0n) is 8.43. The van der Waals surface area contributed by atoms with Gasteiger partial charge in [-0.15, -0.1) is 0 Å². The maximum atomic E-state index is 10.2. The number of ether oxygens (including phenoxy) is 1. The quantitative estimate of drug-likeness (QED) is 0.625. The second-order valence-electron chi connectivity index (χ2n) is 2.18. The summed E-state index contributed by atoms with van der Waals surface area (Å²) in [5.74, 6) is -0.295. The highest BCUT2D eigenvalue weighted by atomic mass is 16.5. The van der Waals surface area contributed by atoms with Crippen molar-refractivity contribution in [2.24, 2.45) is 5.73 Å². The zero-order chi connectivity index (χ0) is 9.82. The molecule has 0 spiro atoms. The summed E-state index contributed by atoms with van der Waals surface area (Å²) < 4.78 is 5.08. The van der Waals surface area contributed by atoms with Gasteiger partial charge in [0.1, 0.15) is 0 Å². The second kappa shape index (κ2) is 13.1. The summed E-state index contributed by atoms with van der Waals surface area (Å²) in [6, 6.07) is 0. The third kappa shape index (κ3) is 16.2. The molecule has 0 atom stereocenters. The molecule has 0 rings (SSSR count). The number of primary amides is 1. The first-order valence-electron chi connectivity index (χ1n) is 4.63. The number of amides is 1. The molecule has 3 nitrogen and oxygen atoms in total. The number of rotatable bonds is 6. The monoisotopic (exact) mass is 175 g/mol. The van der Waals surface area contributed by atoms with Gasteiger partial charge in [-0.05, 0) is 6.42 Å². The molecule has 0 bridgehead atoms. The summed E-state index contributed by atoms with van der Waals surface area (Å²) in [4.78, 5) is 10.2. The number of carbonyl (C=O) groups is 1. The zero-order valence-corrected chi connectivity index (χ0v) is 8.43. The van der Waals surface area contributed by atoms with Crippen molar-refractivity contribution in [2.45, 2.75) is 40.0 Å². The van der Waals surface area contributed by atoms with Crippen molar-refractivity contribution in [1.29, 1.82) is 0 Å². The summed E-state index contributed by atoms with van der Waals surface area (Å²) in [6.45, 7) is 7.30. The van der Waals surface area contributed by atoms with Crippen molar-refractivity contribution in [2.75, 3.05) is 13.2 Å². The van der Waals surface area contributed by atoms with E-state index in [-0.39, 0.29) is 5.91 Å². The van der Waals surface area contributed by atoms with Crippen LogP contribution in [0, 0.1) is 0 Å². The van der Waals surface area contributed by atoms with Gasteiger partial charge in [0.2, 0.25) is 5.91 Å². The highest BCUT2D eigenvalue weighted by molar-refractivity contribution is 5.73. The first kappa shape index (κ1) is 14.0. The molecular formula is C9H21NO2. The first-order valence-corrected chi connectivity index (χ1v) is 4.63. The summed E-state index contributed by atoms with van der Waals surface area (Å²) in [6.07, 6.45) is 2.51. The third-order valence-corrected chi connectivity index (χ3v) is 1.14. The number of unbranched alkanes of at least 4 members (excludes halogenated alkanes) is 1. The molecular weight excluding hydrogens is 154 g/mol. The standard InChI is InChI=1S/C7H15NO2.C2H6/c1-2-3-5-10-6-4-7(8)9;1-2/h2-6H2,1H3,(H2,8,9);1-2H3. The van der Waals surface area contributed by atoms with E-state index in [2.05, 4.69) is 6.92 Å². The second-order valence-corrected chi connectivity index (χ2v) is 2.18. The van der Waals surface area contributed by atoms with Crippen LogP contribution in [0.5, 0.6) is 0 Å². The Balaban J connectivity index is 0. The Labute approximate surface area is 75.3 Å². The largest absolute Gasteiger partial charge is 0.381 e. The molecule has 0 saturated heterocycles. The summed E-state index contributed by atoms with van der Waals surface area (Å²) in [5.41, 5.74) is 4.89. The van der Waals surface area contributed by atoms with E-state index in [1.54, 1.807) is 0 Å². The molecule has 0 aliphatic rings. The molecule has 0 aromatic heterocycles. The topological polar surface area (TPSA) is 52.3 Å². The fourth-order valence-electron chi connectivity index (χ4n) is 0.521. The van der Waals surface area contributed by atoms with Crippen molar-refractivity contribution in [3.05, 3.63) is 0 Å². The van der Waals surface area contributed by atoms with Gasteiger partial charge in [0, 0.05) is 13.0 Å². The Morgan fingerprint density at radius 2 is 1.92 bits per heavy atom. The van der Waals surface area contributed by atoms with Crippen molar-refractivity contribution < 1.29 is 9.53 Å². The van der Waals surface area contributed by atoms with Crippen LogP contribution in [-0.4, -0.2) is 19.1 Å². The van der Waals surface area contributed by atoms with E-state index < -0.39 is 0 Å². The van der Waals surface area contributed by atoms with Crippen molar-refractivity contribution in [1.82, 2.24) is 0 Å². The molecule has 0 heterocycles. The molecule has 0 aliphatic carbocycles. The molecule has 0 unspecified atom stereocenters. The molecule has 12 heavy (non-hydrogen) atoms. The van der Waals surface area contributed by atoms with Gasteiger partial charge in [-0.25, -0.2) is 0 Å². The third-order valence-electron chi connectivity index (χ3n) is 1.14. The van der Waals surface area contributed by atoms with Crippen LogP contribution in [0.4, 0.5) is 0 Å². The summed E-state index contributed by atoms with van der Waals surface area (Å²) in [5, 5.41) is 0. The van der Waals surface area contributed by atoms with Crippen LogP contribution in [0.3, 0.4) is 0 Å². The Morgan fingerprint density at radius 3 is 2.33 bits per heavy atom. The highest BCUT2D eigenvalue weighted by Gasteiger charge is 1.92. The average Bonchev–Trinajstić information content (AvgIpc) is 2.07. The number of carbonyl (C=O) groups excluding carboxylic acids is 1. The molecule has 74 valence electrons. The lowest BCUT2D eigenvalue weighted by Crippen LogP contribution is -2.13. The predicted molar refractivity (Wildman–Crippen MR) is 50.9 cm³/mol. The summed E-state index contributed by atoms with van der Waals surface area (Å²) >= 11 is 0. The van der Waals surface area contributed by atoms with Crippen LogP contribution in [0.15, 0.2) is 0 Å². The van der Waals surface area contributed by atoms with E-state index in [9.17, 15) is 4.79 Å². The predicted octanol–water partition coefficient (Wildman–Crippen LogP) is 1.70. The van der Waals surface area contributed by atoms with Gasteiger partial charge in [0.15, 0.2) is 0 Å². The van der Waals surface area contributed by atoms with Gasteiger partial charge in [-0.3, -0.25) is 4.79 Å². The van der Waals surface area contributed by atoms with Crippen LogP contribution in [-0.2, 0) is 9.53 Å². The van der Waals surface area contributed by atoms with Crippen molar-refractivity contribution >= 4 is 5.91 Å². The smallest absolute Gasteiger partial charge is 0.219 e. The van der Waals surface area contributed by atoms with Gasteiger partial charge >= 0.3 is 0 Å². The SMILES string of the molecule is CC.CCCCOCCC(N)=O. The molecule has 0 aromatic carbocycles. The van der Waals surface area contributed by atoms with Crippen LogP contribution in [0.2, 0.25) is 0 Å². The normalized spacial score (nSPS) is 8.58. The van der Waals surface area contributed by atoms with E-state index in [0.29, 0.717) is 13.0 Å². The first-order chi connectivity index (χ1) is 5.77. The Hall–Kier alpha value is -0.570. The van der Waals surface area contributed by atoms with Crippen molar-refractivity contribution in [3.63, 3.8) is 0 Å². The minimum Gasteiger partial charge on any atom is -0.381 e. The molecule has 0 radical (unpaired) electrons. The van der Waals surface area contributed by atoms with E-state index in [4.69, 9.17) is 10.5 Å². The lowest BCUT2D eigenvalue weighted by Gasteiger charge is -1.99. The Bertz CT molecular complexity index is 94.5. The number of nitrogens with two attached hydrogens (primary N) is 1. The van der Waals surface area contributed by atoms with Crippen LogP contribution in [0.1, 0.15) is 40.0 Å². The van der Waals surface area contributed by atoms with Gasteiger partial charge < -0.3 is 10.5 Å².